The van der Waals surface area contributed by atoms with Gasteiger partial charge in [-0.15, -0.1) is 0 Å². The molecule has 0 radical (unpaired) electrons. The summed E-state index contributed by atoms with van der Waals surface area (Å²) in [7, 11) is 1.84. The summed E-state index contributed by atoms with van der Waals surface area (Å²) in [6, 6.07) is 5.08. The van der Waals surface area contributed by atoms with E-state index in [-0.39, 0.29) is 0 Å². The second-order valence-corrected chi connectivity index (χ2v) is 6.40. The third-order valence-electron chi connectivity index (χ3n) is 5.01. The van der Waals surface area contributed by atoms with Crippen LogP contribution in [0.4, 0.5) is 0 Å². The van der Waals surface area contributed by atoms with Gasteiger partial charge in [-0.25, -0.2) is 0 Å². The molecule has 0 bridgehead atoms. The molecule has 21 heavy (non-hydrogen) atoms. The first-order valence-corrected chi connectivity index (χ1v) is 8.40. The minimum atomic E-state index is 0.380. The first-order chi connectivity index (χ1) is 10.4. The fraction of sp³-hybridized carbons (Fsp3) is 0.765. The van der Waals surface area contributed by atoms with Crippen LogP contribution in [0.1, 0.15) is 50.3 Å². The summed E-state index contributed by atoms with van der Waals surface area (Å²) >= 11 is 0. The Morgan fingerprint density at radius 2 is 2.19 bits per heavy atom. The molecule has 0 spiro atoms. The zero-order valence-electron chi connectivity index (χ0n) is 13.1. The molecule has 3 atom stereocenters. The molecule has 1 aliphatic carbocycles. The molecule has 118 valence electrons. The van der Waals surface area contributed by atoms with E-state index in [1.807, 2.05) is 13.2 Å². The monoisotopic (exact) mass is 292 g/mol. The van der Waals surface area contributed by atoms with Gasteiger partial charge >= 0.3 is 0 Å². The molecule has 3 rings (SSSR count). The molecular formula is C17H28N2O2. The molecule has 4 heteroatoms. The van der Waals surface area contributed by atoms with E-state index in [0.29, 0.717) is 18.2 Å². The number of methoxy groups -OCH3 is 1. The smallest absolute Gasteiger partial charge is 0.122 e. The van der Waals surface area contributed by atoms with Crippen LogP contribution in [0.25, 0.3) is 0 Å². The highest BCUT2D eigenvalue weighted by Gasteiger charge is 2.27. The van der Waals surface area contributed by atoms with Gasteiger partial charge in [-0.1, -0.05) is 0 Å². The second kappa shape index (κ2) is 7.43. The molecule has 1 aromatic heterocycles. The standard InChI is InChI=1S/C17H28N2O2/c1-20-15-7-4-6-14(12-15)18-13-16(17-8-5-11-21-17)19-9-2-3-10-19/h5,8,11,14-16,18H,2-4,6-7,9-10,12-13H2,1H3. The number of hydrogen-bond donors (Lipinski definition) is 1. The first-order valence-electron chi connectivity index (χ1n) is 8.40. The summed E-state index contributed by atoms with van der Waals surface area (Å²) in [6.07, 6.45) is 9.74. The minimum absolute atomic E-state index is 0.380. The summed E-state index contributed by atoms with van der Waals surface area (Å²) in [5, 5.41) is 3.77. The summed E-state index contributed by atoms with van der Waals surface area (Å²) in [6.45, 7) is 3.37. The zero-order chi connectivity index (χ0) is 14.5. The van der Waals surface area contributed by atoms with Crippen LogP contribution in [-0.2, 0) is 4.74 Å². The van der Waals surface area contributed by atoms with Crippen LogP contribution in [0.2, 0.25) is 0 Å². The van der Waals surface area contributed by atoms with E-state index in [0.717, 1.165) is 18.7 Å². The third kappa shape index (κ3) is 3.87. The molecule has 0 amide bonds. The van der Waals surface area contributed by atoms with Gasteiger partial charge in [0.1, 0.15) is 5.76 Å². The predicted molar refractivity (Wildman–Crippen MR) is 83.3 cm³/mol. The summed E-state index contributed by atoms with van der Waals surface area (Å²) < 4.78 is 11.2. The molecule has 1 saturated heterocycles. The quantitative estimate of drug-likeness (QED) is 0.875. The predicted octanol–water partition coefficient (Wildman–Crippen LogP) is 2.96. The maximum Gasteiger partial charge on any atom is 0.122 e. The molecule has 0 aromatic carbocycles. The fourth-order valence-electron chi connectivity index (χ4n) is 3.77. The van der Waals surface area contributed by atoms with Crippen molar-refractivity contribution in [1.29, 1.82) is 0 Å². The van der Waals surface area contributed by atoms with Gasteiger partial charge in [0, 0.05) is 19.7 Å². The summed E-state index contributed by atoms with van der Waals surface area (Å²) in [5.74, 6) is 1.10. The molecule has 1 aromatic rings. The van der Waals surface area contributed by atoms with Crippen LogP contribution in [0.5, 0.6) is 0 Å². The van der Waals surface area contributed by atoms with Crippen LogP contribution in [0.3, 0.4) is 0 Å². The van der Waals surface area contributed by atoms with Crippen LogP contribution in [0.15, 0.2) is 22.8 Å². The van der Waals surface area contributed by atoms with Crippen molar-refractivity contribution in [2.24, 2.45) is 0 Å². The SMILES string of the molecule is COC1CCCC(NCC(c2ccco2)N2CCCC2)C1. The number of likely N-dealkylation sites (tertiary alicyclic amines) is 1. The maximum atomic E-state index is 5.68. The lowest BCUT2D eigenvalue weighted by atomic mass is 9.92. The first kappa shape index (κ1) is 15.1. The Morgan fingerprint density at radius 3 is 2.90 bits per heavy atom. The zero-order valence-corrected chi connectivity index (χ0v) is 13.1. The fourth-order valence-corrected chi connectivity index (χ4v) is 3.77. The summed E-state index contributed by atoms with van der Waals surface area (Å²) in [4.78, 5) is 2.56. The molecule has 1 saturated carbocycles. The third-order valence-corrected chi connectivity index (χ3v) is 5.01. The molecular weight excluding hydrogens is 264 g/mol. The Morgan fingerprint density at radius 1 is 1.33 bits per heavy atom. The number of nitrogens with zero attached hydrogens (tertiary/aromatic N) is 1. The second-order valence-electron chi connectivity index (χ2n) is 6.40. The summed E-state index contributed by atoms with van der Waals surface area (Å²) in [5.41, 5.74) is 0. The highest BCUT2D eigenvalue weighted by Crippen LogP contribution is 2.26. The maximum absolute atomic E-state index is 5.68. The van der Waals surface area contributed by atoms with E-state index < -0.39 is 0 Å². The van der Waals surface area contributed by atoms with Crippen LogP contribution in [-0.4, -0.2) is 43.8 Å². The van der Waals surface area contributed by atoms with Crippen molar-refractivity contribution in [3.8, 4) is 0 Å². The van der Waals surface area contributed by atoms with E-state index in [2.05, 4.69) is 16.3 Å². The van der Waals surface area contributed by atoms with E-state index in [4.69, 9.17) is 9.15 Å². The highest BCUT2D eigenvalue weighted by molar-refractivity contribution is 5.06. The van der Waals surface area contributed by atoms with Crippen molar-refractivity contribution < 1.29 is 9.15 Å². The van der Waals surface area contributed by atoms with E-state index in [9.17, 15) is 0 Å². The average Bonchev–Trinajstić information content (AvgIpc) is 3.21. The normalized spacial score (nSPS) is 28.8. The van der Waals surface area contributed by atoms with Crippen molar-refractivity contribution >= 4 is 0 Å². The van der Waals surface area contributed by atoms with Crippen LogP contribution < -0.4 is 5.32 Å². The Bertz CT molecular complexity index is 401. The van der Waals surface area contributed by atoms with E-state index in [1.165, 1.54) is 45.2 Å². The molecule has 2 heterocycles. The lowest BCUT2D eigenvalue weighted by molar-refractivity contribution is 0.0571. The van der Waals surface area contributed by atoms with Crippen molar-refractivity contribution in [2.45, 2.75) is 56.7 Å². The van der Waals surface area contributed by atoms with Crippen molar-refractivity contribution in [2.75, 3.05) is 26.7 Å². The van der Waals surface area contributed by atoms with Gasteiger partial charge in [-0.2, -0.15) is 0 Å². The Balaban J connectivity index is 1.57. The Hall–Kier alpha value is -0.840. The number of hydrogen-bond acceptors (Lipinski definition) is 4. The van der Waals surface area contributed by atoms with Crippen molar-refractivity contribution in [1.82, 2.24) is 10.2 Å². The van der Waals surface area contributed by atoms with Gasteiger partial charge in [0.25, 0.3) is 0 Å². The molecule has 4 nitrogen and oxygen atoms in total. The molecule has 2 fully saturated rings. The van der Waals surface area contributed by atoms with Gasteiger partial charge in [-0.05, 0) is 63.7 Å². The van der Waals surface area contributed by atoms with Crippen molar-refractivity contribution in [3.63, 3.8) is 0 Å². The largest absolute Gasteiger partial charge is 0.468 e. The number of furan rings is 1. The van der Waals surface area contributed by atoms with Crippen molar-refractivity contribution in [3.05, 3.63) is 24.2 Å². The van der Waals surface area contributed by atoms with Gasteiger partial charge in [0.15, 0.2) is 0 Å². The van der Waals surface area contributed by atoms with Gasteiger partial charge in [0.05, 0.1) is 18.4 Å². The Kier molecular flexibility index (Phi) is 5.33. The molecule has 3 unspecified atom stereocenters. The molecule has 1 aliphatic heterocycles. The van der Waals surface area contributed by atoms with Crippen LogP contribution in [0, 0.1) is 0 Å². The number of nitrogens with one attached hydrogen (secondary N) is 1. The van der Waals surface area contributed by atoms with E-state index >= 15 is 0 Å². The highest BCUT2D eigenvalue weighted by atomic mass is 16.5. The molecule has 1 N–H and O–H groups in total. The number of ether oxygens (including phenoxy) is 1. The lowest BCUT2D eigenvalue weighted by Crippen LogP contribution is -2.42. The van der Waals surface area contributed by atoms with Gasteiger partial charge < -0.3 is 14.5 Å². The number of rotatable bonds is 6. The van der Waals surface area contributed by atoms with E-state index in [1.54, 1.807) is 6.26 Å². The van der Waals surface area contributed by atoms with Crippen LogP contribution >= 0.6 is 0 Å². The average molecular weight is 292 g/mol. The van der Waals surface area contributed by atoms with Gasteiger partial charge in [0.2, 0.25) is 0 Å². The Labute approximate surface area is 127 Å². The minimum Gasteiger partial charge on any atom is -0.468 e. The lowest BCUT2D eigenvalue weighted by Gasteiger charge is -2.32. The topological polar surface area (TPSA) is 37.6 Å². The molecule has 2 aliphatic rings. The van der Waals surface area contributed by atoms with Gasteiger partial charge in [-0.3, -0.25) is 4.90 Å².